The molecule has 0 saturated heterocycles. The largest absolute Gasteiger partial charge is 0.381 e. The van der Waals surface area contributed by atoms with Gasteiger partial charge in [-0.25, -0.2) is 9.97 Å². The lowest BCUT2D eigenvalue weighted by molar-refractivity contribution is 0.0747. The van der Waals surface area contributed by atoms with Gasteiger partial charge in [-0.15, -0.1) is 0 Å². The standard InChI is InChI=1S/C21H18N4O2/c1-13(26)6-7-14-8-9-18-17(10-14)19(24-21(22)23-18)20(27)25-11-15-4-2-3-5-16(15)12-25/h2-5,8-10,13,26H,11-12H2,1H3,(H2,22,23,24). The average Bonchev–Trinajstić information content (AvgIpc) is 3.09. The molecule has 4 rings (SSSR count). The van der Waals surface area contributed by atoms with E-state index < -0.39 is 6.10 Å². The average molecular weight is 358 g/mol. The van der Waals surface area contributed by atoms with Crippen molar-refractivity contribution in [3.8, 4) is 11.8 Å². The third kappa shape index (κ3) is 3.33. The summed E-state index contributed by atoms with van der Waals surface area (Å²) in [5.74, 6) is 5.46. The van der Waals surface area contributed by atoms with E-state index >= 15 is 0 Å². The Morgan fingerprint density at radius 1 is 1.19 bits per heavy atom. The highest BCUT2D eigenvalue weighted by Gasteiger charge is 2.26. The topological polar surface area (TPSA) is 92.3 Å². The number of hydrogen-bond acceptors (Lipinski definition) is 5. The van der Waals surface area contributed by atoms with Crippen LogP contribution in [0.1, 0.15) is 34.1 Å². The first-order valence-electron chi connectivity index (χ1n) is 8.64. The number of fused-ring (bicyclic) bond motifs is 2. The lowest BCUT2D eigenvalue weighted by atomic mass is 10.1. The zero-order valence-corrected chi connectivity index (χ0v) is 14.8. The fourth-order valence-electron chi connectivity index (χ4n) is 3.20. The molecule has 0 fully saturated rings. The molecule has 1 amide bonds. The molecule has 0 spiro atoms. The number of nitrogens with zero attached hydrogens (tertiary/aromatic N) is 3. The molecule has 0 aliphatic carbocycles. The van der Waals surface area contributed by atoms with Crippen LogP contribution in [0.2, 0.25) is 0 Å². The summed E-state index contributed by atoms with van der Waals surface area (Å²) in [7, 11) is 0. The molecule has 134 valence electrons. The number of carbonyl (C=O) groups excluding carboxylic acids is 1. The summed E-state index contributed by atoms with van der Waals surface area (Å²) in [6, 6.07) is 13.3. The quantitative estimate of drug-likeness (QED) is 0.650. The third-order valence-corrected chi connectivity index (χ3v) is 4.47. The predicted molar refractivity (Wildman–Crippen MR) is 103 cm³/mol. The Morgan fingerprint density at radius 3 is 2.56 bits per heavy atom. The van der Waals surface area contributed by atoms with Gasteiger partial charge in [0.05, 0.1) is 5.52 Å². The molecule has 1 aromatic heterocycles. The smallest absolute Gasteiger partial charge is 0.273 e. The van der Waals surface area contributed by atoms with Crippen LogP contribution < -0.4 is 5.73 Å². The molecule has 2 aromatic carbocycles. The molecule has 6 heteroatoms. The van der Waals surface area contributed by atoms with Crippen molar-refractivity contribution >= 4 is 22.8 Å². The number of benzene rings is 2. The first-order valence-corrected chi connectivity index (χ1v) is 8.64. The van der Waals surface area contributed by atoms with Crippen LogP contribution >= 0.6 is 0 Å². The third-order valence-electron chi connectivity index (χ3n) is 4.47. The van der Waals surface area contributed by atoms with Gasteiger partial charge < -0.3 is 15.7 Å². The van der Waals surface area contributed by atoms with Crippen molar-refractivity contribution in [2.24, 2.45) is 0 Å². The molecule has 3 aromatic rings. The minimum atomic E-state index is -0.729. The number of rotatable bonds is 1. The maximum atomic E-state index is 13.2. The monoisotopic (exact) mass is 358 g/mol. The minimum absolute atomic E-state index is 0.0605. The number of hydrogen-bond donors (Lipinski definition) is 2. The van der Waals surface area contributed by atoms with Crippen molar-refractivity contribution in [1.82, 2.24) is 14.9 Å². The van der Waals surface area contributed by atoms with E-state index in [1.165, 1.54) is 0 Å². The second-order valence-corrected chi connectivity index (χ2v) is 6.54. The lowest BCUT2D eigenvalue weighted by Crippen LogP contribution is -2.27. The first kappa shape index (κ1) is 17.0. The molecule has 6 nitrogen and oxygen atoms in total. The number of aliphatic hydroxyl groups excluding tert-OH is 1. The van der Waals surface area contributed by atoms with E-state index in [1.54, 1.807) is 30.0 Å². The Hall–Kier alpha value is -3.43. The van der Waals surface area contributed by atoms with Crippen LogP contribution in [0, 0.1) is 11.8 Å². The van der Waals surface area contributed by atoms with E-state index in [4.69, 9.17) is 5.73 Å². The molecule has 1 aliphatic heterocycles. The minimum Gasteiger partial charge on any atom is -0.381 e. The number of carbonyl (C=O) groups is 1. The van der Waals surface area contributed by atoms with E-state index in [9.17, 15) is 9.90 Å². The Morgan fingerprint density at radius 2 is 1.89 bits per heavy atom. The molecule has 0 radical (unpaired) electrons. The summed E-state index contributed by atoms with van der Waals surface area (Å²) in [5, 5.41) is 9.96. The van der Waals surface area contributed by atoms with Gasteiger partial charge in [0.15, 0.2) is 0 Å². The highest BCUT2D eigenvalue weighted by atomic mass is 16.3. The Bertz CT molecular complexity index is 1090. The molecular formula is C21H18N4O2. The van der Waals surface area contributed by atoms with Crippen LogP contribution in [0.25, 0.3) is 10.9 Å². The summed E-state index contributed by atoms with van der Waals surface area (Å²) >= 11 is 0. The Balaban J connectivity index is 1.75. The summed E-state index contributed by atoms with van der Waals surface area (Å²) in [6.07, 6.45) is -0.729. The fraction of sp³-hybridized carbons (Fsp3) is 0.190. The molecule has 0 saturated carbocycles. The zero-order valence-electron chi connectivity index (χ0n) is 14.8. The number of aromatic nitrogens is 2. The number of aliphatic hydroxyl groups is 1. The summed E-state index contributed by atoms with van der Waals surface area (Å²) in [6.45, 7) is 2.68. The first-order chi connectivity index (χ1) is 13.0. The van der Waals surface area contributed by atoms with Gasteiger partial charge in [0.1, 0.15) is 11.8 Å². The van der Waals surface area contributed by atoms with E-state index in [-0.39, 0.29) is 17.5 Å². The molecule has 1 aliphatic rings. The molecule has 0 bridgehead atoms. The van der Waals surface area contributed by atoms with Crippen molar-refractivity contribution in [2.75, 3.05) is 5.73 Å². The summed E-state index contributed by atoms with van der Waals surface area (Å²) in [4.78, 5) is 23.4. The summed E-state index contributed by atoms with van der Waals surface area (Å²) in [5.41, 5.74) is 9.64. The van der Waals surface area contributed by atoms with Crippen molar-refractivity contribution < 1.29 is 9.90 Å². The van der Waals surface area contributed by atoms with Crippen LogP contribution in [0.15, 0.2) is 42.5 Å². The van der Waals surface area contributed by atoms with Crippen molar-refractivity contribution in [2.45, 2.75) is 26.1 Å². The van der Waals surface area contributed by atoms with Crippen molar-refractivity contribution in [1.29, 1.82) is 0 Å². The number of nitrogen functional groups attached to an aromatic ring is 1. The normalized spacial score (nSPS) is 13.8. The highest BCUT2D eigenvalue weighted by molar-refractivity contribution is 6.05. The van der Waals surface area contributed by atoms with Gasteiger partial charge in [-0.05, 0) is 36.2 Å². The van der Waals surface area contributed by atoms with Gasteiger partial charge in [-0.3, -0.25) is 4.79 Å². The zero-order chi connectivity index (χ0) is 19.0. The number of nitrogens with two attached hydrogens (primary N) is 1. The van der Waals surface area contributed by atoms with Crippen LogP contribution in [0.4, 0.5) is 5.95 Å². The van der Waals surface area contributed by atoms with E-state index in [2.05, 4.69) is 21.8 Å². The van der Waals surface area contributed by atoms with Gasteiger partial charge in [-0.2, -0.15) is 0 Å². The lowest BCUT2D eigenvalue weighted by Gasteiger charge is -2.16. The Kier molecular flexibility index (Phi) is 4.22. The highest BCUT2D eigenvalue weighted by Crippen LogP contribution is 2.26. The number of anilines is 1. The van der Waals surface area contributed by atoms with E-state index in [0.717, 1.165) is 11.1 Å². The van der Waals surface area contributed by atoms with Crippen molar-refractivity contribution in [3.05, 3.63) is 64.8 Å². The maximum Gasteiger partial charge on any atom is 0.273 e. The van der Waals surface area contributed by atoms with Gasteiger partial charge >= 0.3 is 0 Å². The van der Waals surface area contributed by atoms with Gasteiger partial charge in [0.2, 0.25) is 5.95 Å². The summed E-state index contributed by atoms with van der Waals surface area (Å²) < 4.78 is 0. The maximum absolute atomic E-state index is 13.2. The van der Waals surface area contributed by atoms with Crippen LogP contribution in [0.3, 0.4) is 0 Å². The SMILES string of the molecule is CC(O)C#Cc1ccc2nc(N)nc(C(=O)N3Cc4ccccc4C3)c2c1. The van der Waals surface area contributed by atoms with Crippen molar-refractivity contribution in [3.63, 3.8) is 0 Å². The van der Waals surface area contributed by atoms with E-state index in [0.29, 0.717) is 29.6 Å². The van der Waals surface area contributed by atoms with E-state index in [1.807, 2.05) is 24.3 Å². The van der Waals surface area contributed by atoms with Crippen LogP contribution in [-0.2, 0) is 13.1 Å². The fourth-order valence-corrected chi connectivity index (χ4v) is 3.20. The number of amides is 1. The van der Waals surface area contributed by atoms with Gasteiger partial charge in [-0.1, -0.05) is 36.1 Å². The predicted octanol–water partition coefficient (Wildman–Crippen LogP) is 2.10. The molecule has 1 unspecified atom stereocenters. The van der Waals surface area contributed by atoms with Gasteiger partial charge in [0.25, 0.3) is 5.91 Å². The van der Waals surface area contributed by atoms with Crippen LogP contribution in [-0.4, -0.2) is 32.0 Å². The van der Waals surface area contributed by atoms with Gasteiger partial charge in [0, 0.05) is 24.0 Å². The second-order valence-electron chi connectivity index (χ2n) is 6.54. The second kappa shape index (κ2) is 6.71. The Labute approximate surface area is 156 Å². The van der Waals surface area contributed by atoms with Crippen LogP contribution in [0.5, 0.6) is 0 Å². The molecule has 2 heterocycles. The molecule has 3 N–H and O–H groups in total. The molecule has 1 atom stereocenters. The molecule has 27 heavy (non-hydrogen) atoms. The molecular weight excluding hydrogens is 340 g/mol.